The molecule has 1 atom stereocenters. The van der Waals surface area contributed by atoms with Gasteiger partial charge in [-0.1, -0.05) is 68.1 Å². The number of primary amides is 1. The molecule has 0 aromatic heterocycles. The Morgan fingerprint density at radius 2 is 2.04 bits per heavy atom. The van der Waals surface area contributed by atoms with Gasteiger partial charge >= 0.3 is 0 Å². The standard InChI is InChI=1S/C23H30N2O/c1-4-5-17-25(19(2)3)18-16-23(22(24)26,20-12-8-6-9-13-20)21-14-10-7-11-15-21/h5-6,8-10,12-15,17H,2,4,7,11,16,18H2,1,3H3,(H2,24,26)/b17-5-. The van der Waals surface area contributed by atoms with E-state index < -0.39 is 5.41 Å². The number of rotatable bonds is 9. The third-order valence-corrected chi connectivity index (χ3v) is 4.91. The van der Waals surface area contributed by atoms with Gasteiger partial charge in [0.05, 0.1) is 0 Å². The first kappa shape index (κ1) is 19.8. The molecule has 0 aliphatic heterocycles. The van der Waals surface area contributed by atoms with E-state index in [2.05, 4.69) is 42.7 Å². The first-order chi connectivity index (χ1) is 12.5. The molecule has 1 aliphatic rings. The number of hydrogen-bond acceptors (Lipinski definition) is 2. The molecule has 0 radical (unpaired) electrons. The van der Waals surface area contributed by atoms with Crippen LogP contribution in [0.2, 0.25) is 0 Å². The summed E-state index contributed by atoms with van der Waals surface area (Å²) in [7, 11) is 0. The van der Waals surface area contributed by atoms with E-state index >= 15 is 0 Å². The summed E-state index contributed by atoms with van der Waals surface area (Å²) in [6.45, 7) is 8.82. The number of nitrogens with zero attached hydrogens (tertiary/aromatic N) is 1. The third-order valence-electron chi connectivity index (χ3n) is 4.91. The van der Waals surface area contributed by atoms with Gasteiger partial charge in [-0.2, -0.15) is 0 Å². The summed E-state index contributed by atoms with van der Waals surface area (Å²) >= 11 is 0. The Morgan fingerprint density at radius 3 is 2.58 bits per heavy atom. The molecule has 3 heteroatoms. The van der Waals surface area contributed by atoms with Gasteiger partial charge in [0.1, 0.15) is 5.41 Å². The highest BCUT2D eigenvalue weighted by Gasteiger charge is 2.41. The van der Waals surface area contributed by atoms with Crippen molar-refractivity contribution >= 4 is 5.91 Å². The molecular formula is C23H30N2O. The number of carbonyl (C=O) groups is 1. The molecule has 1 aromatic rings. The second-order valence-electron chi connectivity index (χ2n) is 6.75. The molecule has 1 amide bonds. The van der Waals surface area contributed by atoms with Gasteiger partial charge in [-0.25, -0.2) is 0 Å². The molecule has 0 heterocycles. The summed E-state index contributed by atoms with van der Waals surface area (Å²) in [5.41, 5.74) is 8.10. The van der Waals surface area contributed by atoms with E-state index in [1.54, 1.807) is 0 Å². The minimum Gasteiger partial charge on any atom is -0.369 e. The maximum atomic E-state index is 12.8. The Labute approximate surface area is 157 Å². The molecule has 0 fully saturated rings. The molecule has 0 spiro atoms. The normalized spacial score (nSPS) is 16.2. The lowest BCUT2D eigenvalue weighted by Crippen LogP contribution is -2.44. The monoisotopic (exact) mass is 350 g/mol. The molecular weight excluding hydrogens is 320 g/mol. The highest BCUT2D eigenvalue weighted by Crippen LogP contribution is 2.38. The van der Waals surface area contributed by atoms with Crippen LogP contribution in [0.1, 0.15) is 45.1 Å². The van der Waals surface area contributed by atoms with E-state index in [0.29, 0.717) is 13.0 Å². The Morgan fingerprint density at radius 1 is 1.31 bits per heavy atom. The van der Waals surface area contributed by atoms with Gasteiger partial charge < -0.3 is 10.6 Å². The lowest BCUT2D eigenvalue weighted by molar-refractivity contribution is -0.122. The number of benzene rings is 1. The van der Waals surface area contributed by atoms with Crippen molar-refractivity contribution in [1.82, 2.24) is 4.90 Å². The summed E-state index contributed by atoms with van der Waals surface area (Å²) in [5, 5.41) is 0. The van der Waals surface area contributed by atoms with Crippen LogP contribution in [0.3, 0.4) is 0 Å². The van der Waals surface area contributed by atoms with Crippen molar-refractivity contribution in [3.63, 3.8) is 0 Å². The van der Waals surface area contributed by atoms with Gasteiger partial charge in [0, 0.05) is 12.2 Å². The zero-order valence-electron chi connectivity index (χ0n) is 15.9. The number of nitrogens with two attached hydrogens (primary N) is 1. The second-order valence-corrected chi connectivity index (χ2v) is 6.75. The Balaban J connectivity index is 2.44. The van der Waals surface area contributed by atoms with E-state index in [1.807, 2.05) is 43.5 Å². The average Bonchev–Trinajstić information content (AvgIpc) is 2.65. The van der Waals surface area contributed by atoms with E-state index in [1.165, 1.54) is 0 Å². The zero-order valence-corrected chi connectivity index (χ0v) is 15.9. The quantitative estimate of drug-likeness (QED) is 0.693. The van der Waals surface area contributed by atoms with Gasteiger partial charge in [0.25, 0.3) is 0 Å². The Kier molecular flexibility index (Phi) is 7.02. The summed E-state index contributed by atoms with van der Waals surface area (Å²) in [4.78, 5) is 14.9. The van der Waals surface area contributed by atoms with Crippen molar-refractivity contribution in [2.45, 2.75) is 44.9 Å². The van der Waals surface area contributed by atoms with E-state index in [4.69, 9.17) is 5.73 Å². The fourth-order valence-electron chi connectivity index (χ4n) is 3.43. The fourth-order valence-corrected chi connectivity index (χ4v) is 3.43. The zero-order chi connectivity index (χ0) is 19.0. The predicted octanol–water partition coefficient (Wildman–Crippen LogP) is 4.84. The van der Waals surface area contributed by atoms with E-state index in [0.717, 1.165) is 36.1 Å². The van der Waals surface area contributed by atoms with Crippen molar-refractivity contribution in [3.05, 3.63) is 84.2 Å². The molecule has 1 aliphatic carbocycles. The van der Waals surface area contributed by atoms with Gasteiger partial charge in [0.15, 0.2) is 0 Å². The van der Waals surface area contributed by atoms with Crippen LogP contribution in [-0.2, 0) is 10.2 Å². The number of allylic oxidation sites excluding steroid dienone is 5. The maximum Gasteiger partial charge on any atom is 0.232 e. The minimum absolute atomic E-state index is 0.303. The average molecular weight is 351 g/mol. The first-order valence-corrected chi connectivity index (χ1v) is 9.33. The highest BCUT2D eigenvalue weighted by atomic mass is 16.1. The fraction of sp³-hybridized carbons (Fsp3) is 0.348. The molecule has 2 N–H and O–H groups in total. The van der Waals surface area contributed by atoms with Crippen LogP contribution >= 0.6 is 0 Å². The molecule has 138 valence electrons. The SMILES string of the molecule is C=C(C)N(/C=C\CC)CCC(C(N)=O)(C1=CCCC=C1)c1ccccc1. The molecule has 1 aromatic carbocycles. The van der Waals surface area contributed by atoms with E-state index in [-0.39, 0.29) is 5.91 Å². The third kappa shape index (κ3) is 4.34. The summed E-state index contributed by atoms with van der Waals surface area (Å²) < 4.78 is 0. The Bertz CT molecular complexity index is 715. The Hall–Kier alpha value is -2.55. The molecule has 3 nitrogen and oxygen atoms in total. The predicted molar refractivity (Wildman–Crippen MR) is 109 cm³/mol. The number of amides is 1. The smallest absolute Gasteiger partial charge is 0.232 e. The topological polar surface area (TPSA) is 46.3 Å². The van der Waals surface area contributed by atoms with Crippen molar-refractivity contribution in [1.29, 1.82) is 0 Å². The molecule has 1 unspecified atom stereocenters. The lowest BCUT2D eigenvalue weighted by atomic mass is 9.69. The molecule has 0 bridgehead atoms. The summed E-state index contributed by atoms with van der Waals surface area (Å²) in [5.74, 6) is -0.303. The summed E-state index contributed by atoms with van der Waals surface area (Å²) in [6, 6.07) is 9.90. The van der Waals surface area contributed by atoms with Crippen LogP contribution in [-0.4, -0.2) is 17.4 Å². The van der Waals surface area contributed by atoms with Crippen LogP contribution < -0.4 is 5.73 Å². The van der Waals surface area contributed by atoms with E-state index in [9.17, 15) is 4.79 Å². The van der Waals surface area contributed by atoms with Crippen LogP contribution in [0.15, 0.2) is 78.7 Å². The second kappa shape index (κ2) is 9.23. The highest BCUT2D eigenvalue weighted by molar-refractivity contribution is 5.91. The van der Waals surface area contributed by atoms with Gasteiger partial charge in [-0.3, -0.25) is 4.79 Å². The first-order valence-electron chi connectivity index (χ1n) is 9.33. The molecule has 26 heavy (non-hydrogen) atoms. The van der Waals surface area contributed by atoms with Crippen molar-refractivity contribution in [2.75, 3.05) is 6.54 Å². The number of carbonyl (C=O) groups excluding carboxylic acids is 1. The largest absolute Gasteiger partial charge is 0.369 e. The molecule has 0 saturated heterocycles. The van der Waals surface area contributed by atoms with Gasteiger partial charge in [-0.15, -0.1) is 0 Å². The van der Waals surface area contributed by atoms with Gasteiger partial charge in [0.2, 0.25) is 5.91 Å². The molecule has 2 rings (SSSR count). The van der Waals surface area contributed by atoms with Crippen LogP contribution in [0, 0.1) is 0 Å². The van der Waals surface area contributed by atoms with Crippen molar-refractivity contribution in [3.8, 4) is 0 Å². The van der Waals surface area contributed by atoms with Crippen LogP contribution in [0.5, 0.6) is 0 Å². The lowest BCUT2D eigenvalue weighted by Gasteiger charge is -2.35. The van der Waals surface area contributed by atoms with Crippen molar-refractivity contribution < 1.29 is 4.79 Å². The minimum atomic E-state index is -0.827. The van der Waals surface area contributed by atoms with Gasteiger partial charge in [-0.05, 0) is 49.9 Å². The summed E-state index contributed by atoms with van der Waals surface area (Å²) in [6.07, 6.45) is 14.0. The molecule has 0 saturated carbocycles. The maximum absolute atomic E-state index is 12.8. The van der Waals surface area contributed by atoms with Crippen LogP contribution in [0.4, 0.5) is 0 Å². The van der Waals surface area contributed by atoms with Crippen LogP contribution in [0.25, 0.3) is 0 Å². The number of hydrogen-bond donors (Lipinski definition) is 1. The van der Waals surface area contributed by atoms with Crippen molar-refractivity contribution in [2.24, 2.45) is 5.73 Å².